The van der Waals surface area contributed by atoms with Crippen molar-refractivity contribution >= 4 is 15.9 Å². The molecule has 2 aliphatic rings. The molecule has 6 heteroatoms. The molecule has 16 heavy (non-hydrogen) atoms. The van der Waals surface area contributed by atoms with Crippen LogP contribution in [0.3, 0.4) is 0 Å². The van der Waals surface area contributed by atoms with Gasteiger partial charge in [-0.05, 0) is 22.0 Å². The summed E-state index contributed by atoms with van der Waals surface area (Å²) in [5, 5.41) is 6.49. The lowest BCUT2D eigenvalue weighted by Crippen LogP contribution is -2.69. The molecule has 0 radical (unpaired) electrons. The van der Waals surface area contributed by atoms with E-state index < -0.39 is 5.79 Å². The molecule has 2 rings (SSSR count). The summed E-state index contributed by atoms with van der Waals surface area (Å²) in [6, 6.07) is 0. The Hall–Kier alpha value is -0.560. The van der Waals surface area contributed by atoms with Gasteiger partial charge in [-0.3, -0.25) is 10.6 Å². The molecule has 5 nitrogen and oxygen atoms in total. The molecular formula is C10H17BrN4O. The lowest BCUT2D eigenvalue weighted by molar-refractivity contribution is 0.0392. The van der Waals surface area contributed by atoms with Crippen molar-refractivity contribution in [3.63, 3.8) is 0 Å². The van der Waals surface area contributed by atoms with Crippen molar-refractivity contribution in [2.75, 3.05) is 33.3 Å². The Morgan fingerprint density at radius 3 is 2.81 bits per heavy atom. The quantitative estimate of drug-likeness (QED) is 0.661. The van der Waals surface area contributed by atoms with Crippen molar-refractivity contribution in [3.05, 3.63) is 22.5 Å². The van der Waals surface area contributed by atoms with E-state index >= 15 is 0 Å². The first-order valence-electron chi connectivity index (χ1n) is 5.31. The number of allylic oxidation sites excluding steroid dienone is 2. The number of nitrogens with zero attached hydrogens (tertiary/aromatic N) is 1. The first-order valence-corrected chi connectivity index (χ1v) is 6.10. The monoisotopic (exact) mass is 288 g/mol. The van der Waals surface area contributed by atoms with Crippen molar-refractivity contribution < 1.29 is 4.74 Å². The highest BCUT2D eigenvalue weighted by Gasteiger charge is 2.39. The van der Waals surface area contributed by atoms with Gasteiger partial charge in [-0.15, -0.1) is 0 Å². The van der Waals surface area contributed by atoms with Crippen molar-refractivity contribution in [2.24, 2.45) is 5.73 Å². The SMILES string of the molecule is COC1=CC(Br)=CNC1(N)N1CCNCC1. The third-order valence-corrected chi connectivity index (χ3v) is 3.37. The van der Waals surface area contributed by atoms with Crippen molar-refractivity contribution in [2.45, 2.75) is 5.79 Å². The van der Waals surface area contributed by atoms with E-state index in [0.29, 0.717) is 0 Å². The zero-order chi connectivity index (χ0) is 11.6. The van der Waals surface area contributed by atoms with Crippen LogP contribution in [-0.4, -0.2) is 44.0 Å². The van der Waals surface area contributed by atoms with E-state index in [1.54, 1.807) is 7.11 Å². The molecule has 0 spiro atoms. The van der Waals surface area contributed by atoms with E-state index in [1.165, 1.54) is 0 Å². The zero-order valence-electron chi connectivity index (χ0n) is 9.29. The molecule has 1 unspecified atom stereocenters. The van der Waals surface area contributed by atoms with Gasteiger partial charge in [-0.25, -0.2) is 0 Å². The fourth-order valence-corrected chi connectivity index (χ4v) is 2.33. The van der Waals surface area contributed by atoms with Crippen LogP contribution in [0.2, 0.25) is 0 Å². The third kappa shape index (κ3) is 2.10. The number of nitrogens with one attached hydrogen (secondary N) is 2. The molecule has 4 N–H and O–H groups in total. The van der Waals surface area contributed by atoms with Crippen molar-refractivity contribution in [1.82, 2.24) is 15.5 Å². The number of nitrogens with two attached hydrogens (primary N) is 1. The molecular weight excluding hydrogens is 272 g/mol. The standard InChI is InChI=1S/C10H17BrN4O/c1-16-9-6-8(11)7-14-10(9,12)15-4-2-13-3-5-15/h6-7,13-14H,2-5,12H2,1H3. The summed E-state index contributed by atoms with van der Waals surface area (Å²) in [7, 11) is 1.64. The molecule has 90 valence electrons. The Labute approximate surface area is 104 Å². The normalized spacial score (nSPS) is 31.4. The van der Waals surface area contributed by atoms with E-state index in [0.717, 1.165) is 36.4 Å². The summed E-state index contributed by atoms with van der Waals surface area (Å²) in [5.41, 5.74) is 6.38. The molecule has 0 aromatic heterocycles. The number of methoxy groups -OCH3 is 1. The van der Waals surface area contributed by atoms with Gasteiger partial charge in [0, 0.05) is 36.9 Å². The van der Waals surface area contributed by atoms with Crippen LogP contribution in [-0.2, 0) is 4.74 Å². The van der Waals surface area contributed by atoms with Gasteiger partial charge in [0.25, 0.3) is 0 Å². The maximum Gasteiger partial charge on any atom is 0.203 e. The maximum atomic E-state index is 6.38. The fourth-order valence-electron chi connectivity index (χ4n) is 2.01. The predicted octanol–water partition coefficient (Wildman–Crippen LogP) is -0.126. The molecule has 0 aromatic carbocycles. The van der Waals surface area contributed by atoms with E-state index in [-0.39, 0.29) is 0 Å². The van der Waals surface area contributed by atoms with Crippen molar-refractivity contribution in [1.29, 1.82) is 0 Å². The number of ether oxygens (including phenoxy) is 1. The van der Waals surface area contributed by atoms with E-state index in [4.69, 9.17) is 10.5 Å². The molecule has 0 aliphatic carbocycles. The molecule has 2 aliphatic heterocycles. The molecule has 1 fully saturated rings. The molecule has 1 saturated heterocycles. The van der Waals surface area contributed by atoms with Crippen LogP contribution in [0.25, 0.3) is 0 Å². The van der Waals surface area contributed by atoms with Gasteiger partial charge in [-0.2, -0.15) is 0 Å². The minimum Gasteiger partial charge on any atom is -0.496 e. The molecule has 0 saturated carbocycles. The first-order chi connectivity index (χ1) is 7.66. The second-order valence-electron chi connectivity index (χ2n) is 3.89. The molecule has 0 bridgehead atoms. The summed E-state index contributed by atoms with van der Waals surface area (Å²) in [6.45, 7) is 3.69. The smallest absolute Gasteiger partial charge is 0.203 e. The van der Waals surface area contributed by atoms with Gasteiger partial charge < -0.3 is 15.4 Å². The van der Waals surface area contributed by atoms with E-state index in [2.05, 4.69) is 31.5 Å². The van der Waals surface area contributed by atoms with Crippen LogP contribution in [0.4, 0.5) is 0 Å². The summed E-state index contributed by atoms with van der Waals surface area (Å²) in [5.74, 6) is -0.00234. The number of rotatable bonds is 2. The highest BCUT2D eigenvalue weighted by molar-refractivity contribution is 9.11. The molecule has 0 amide bonds. The van der Waals surface area contributed by atoms with Gasteiger partial charge in [0.2, 0.25) is 5.79 Å². The number of hydrogen-bond donors (Lipinski definition) is 3. The molecule has 0 aromatic rings. The van der Waals surface area contributed by atoms with Crippen LogP contribution in [0.1, 0.15) is 0 Å². The summed E-state index contributed by atoms with van der Waals surface area (Å²) in [6.07, 6.45) is 3.75. The van der Waals surface area contributed by atoms with E-state index in [1.807, 2.05) is 12.3 Å². The fraction of sp³-hybridized carbons (Fsp3) is 0.600. The van der Waals surface area contributed by atoms with Crippen LogP contribution >= 0.6 is 15.9 Å². The average molecular weight is 289 g/mol. The third-order valence-electron chi connectivity index (χ3n) is 2.91. The molecule has 2 heterocycles. The highest BCUT2D eigenvalue weighted by Crippen LogP contribution is 2.25. The average Bonchev–Trinajstić information content (AvgIpc) is 2.33. The first kappa shape index (κ1) is 11.9. The number of dihydropyridines is 1. The highest BCUT2D eigenvalue weighted by atomic mass is 79.9. The molecule has 1 atom stereocenters. The second kappa shape index (κ2) is 4.75. The van der Waals surface area contributed by atoms with Gasteiger partial charge in [-0.1, -0.05) is 0 Å². The van der Waals surface area contributed by atoms with Gasteiger partial charge >= 0.3 is 0 Å². The summed E-state index contributed by atoms with van der Waals surface area (Å²) in [4.78, 5) is 2.18. The number of halogens is 1. The lowest BCUT2D eigenvalue weighted by atomic mass is 10.1. The van der Waals surface area contributed by atoms with Crippen LogP contribution in [0, 0.1) is 0 Å². The Morgan fingerprint density at radius 1 is 1.50 bits per heavy atom. The van der Waals surface area contributed by atoms with Gasteiger partial charge in [0.15, 0.2) is 5.76 Å². The van der Waals surface area contributed by atoms with Crippen LogP contribution in [0.5, 0.6) is 0 Å². The number of hydrogen-bond acceptors (Lipinski definition) is 5. The van der Waals surface area contributed by atoms with Crippen LogP contribution in [0.15, 0.2) is 22.5 Å². The number of piperazine rings is 1. The Bertz CT molecular complexity index is 325. The van der Waals surface area contributed by atoms with Crippen molar-refractivity contribution in [3.8, 4) is 0 Å². The minimum absolute atomic E-state index is 0.726. The Morgan fingerprint density at radius 2 is 2.19 bits per heavy atom. The largest absolute Gasteiger partial charge is 0.496 e. The lowest BCUT2D eigenvalue weighted by Gasteiger charge is -2.44. The van der Waals surface area contributed by atoms with Crippen LogP contribution < -0.4 is 16.4 Å². The predicted molar refractivity (Wildman–Crippen MR) is 66.6 cm³/mol. The maximum absolute atomic E-state index is 6.38. The van der Waals surface area contributed by atoms with E-state index in [9.17, 15) is 0 Å². The summed E-state index contributed by atoms with van der Waals surface area (Å²) >= 11 is 3.40. The Balaban J connectivity index is 2.20. The Kier molecular flexibility index (Phi) is 3.53. The zero-order valence-corrected chi connectivity index (χ0v) is 10.9. The summed E-state index contributed by atoms with van der Waals surface area (Å²) < 4.78 is 6.30. The topological polar surface area (TPSA) is 62.6 Å². The second-order valence-corrected chi connectivity index (χ2v) is 4.81. The van der Waals surface area contributed by atoms with Gasteiger partial charge in [0.05, 0.1) is 7.11 Å². The minimum atomic E-state index is -0.728. The van der Waals surface area contributed by atoms with Gasteiger partial charge in [0.1, 0.15) is 0 Å².